The molecule has 0 aliphatic carbocycles. The number of carbonyl (C=O) groups excluding carboxylic acids is 2. The van der Waals surface area contributed by atoms with Crippen molar-refractivity contribution in [1.82, 2.24) is 10.6 Å². The molecule has 4 N–H and O–H groups in total. The molecule has 0 fully saturated rings. The van der Waals surface area contributed by atoms with E-state index >= 15 is 0 Å². The molecule has 5 heteroatoms. The van der Waals surface area contributed by atoms with Crippen LogP contribution in [0.1, 0.15) is 33.6 Å². The molecule has 0 aromatic heterocycles. The number of carbonyl (C=O) groups is 2. The number of rotatable bonds is 5. The third-order valence-corrected chi connectivity index (χ3v) is 1.60. The monoisotopic (exact) mass is 201 g/mol. The lowest BCUT2D eigenvalue weighted by atomic mass is 10.0. The fourth-order valence-corrected chi connectivity index (χ4v) is 1.07. The highest BCUT2D eigenvalue weighted by Crippen LogP contribution is 2.06. The summed E-state index contributed by atoms with van der Waals surface area (Å²) in [5.41, 5.74) is 4.45. The number of amides is 3. The molecule has 0 rings (SSSR count). The van der Waals surface area contributed by atoms with E-state index in [2.05, 4.69) is 10.6 Å². The van der Waals surface area contributed by atoms with E-state index in [4.69, 9.17) is 5.73 Å². The van der Waals surface area contributed by atoms with Crippen molar-refractivity contribution in [3.63, 3.8) is 0 Å². The fourth-order valence-electron chi connectivity index (χ4n) is 1.07. The molecule has 82 valence electrons. The third kappa shape index (κ3) is 6.28. The van der Waals surface area contributed by atoms with Gasteiger partial charge < -0.3 is 16.4 Å². The molecule has 0 aromatic rings. The van der Waals surface area contributed by atoms with E-state index in [1.54, 1.807) is 13.8 Å². The summed E-state index contributed by atoms with van der Waals surface area (Å²) in [4.78, 5) is 21.9. The molecular weight excluding hydrogens is 182 g/mol. The number of primary amides is 1. The predicted octanol–water partition coefficient (Wildman–Crippen LogP) is 0.350. The van der Waals surface area contributed by atoms with Crippen molar-refractivity contribution in [3.05, 3.63) is 0 Å². The molecule has 14 heavy (non-hydrogen) atoms. The molecule has 0 saturated heterocycles. The summed E-state index contributed by atoms with van der Waals surface area (Å²) in [5, 5.41) is 5.33. The lowest BCUT2D eigenvalue weighted by Crippen LogP contribution is -2.50. The summed E-state index contributed by atoms with van der Waals surface area (Å²) < 4.78 is 0. The van der Waals surface area contributed by atoms with E-state index < -0.39 is 11.4 Å². The largest absolute Gasteiger partial charge is 0.370 e. The molecule has 0 radical (unpaired) electrons. The molecule has 0 bridgehead atoms. The quantitative estimate of drug-likeness (QED) is 0.599. The maximum absolute atomic E-state index is 11.2. The molecule has 0 spiro atoms. The van der Waals surface area contributed by atoms with Gasteiger partial charge in [0.05, 0.1) is 0 Å². The van der Waals surface area contributed by atoms with E-state index in [9.17, 15) is 9.59 Å². The first-order chi connectivity index (χ1) is 6.37. The van der Waals surface area contributed by atoms with Crippen LogP contribution in [0.4, 0.5) is 4.79 Å². The van der Waals surface area contributed by atoms with Gasteiger partial charge in [0, 0.05) is 18.5 Å². The van der Waals surface area contributed by atoms with E-state index in [0.717, 1.165) is 6.42 Å². The third-order valence-electron chi connectivity index (χ3n) is 1.60. The van der Waals surface area contributed by atoms with Crippen LogP contribution in [0.3, 0.4) is 0 Å². The Kier molecular flexibility index (Phi) is 4.97. The van der Waals surface area contributed by atoms with Gasteiger partial charge in [-0.05, 0) is 20.3 Å². The van der Waals surface area contributed by atoms with Gasteiger partial charge >= 0.3 is 6.03 Å². The Morgan fingerprint density at radius 3 is 2.36 bits per heavy atom. The molecule has 0 heterocycles. The summed E-state index contributed by atoms with van der Waals surface area (Å²) >= 11 is 0. The van der Waals surface area contributed by atoms with Gasteiger partial charge in [-0.2, -0.15) is 0 Å². The van der Waals surface area contributed by atoms with Crippen molar-refractivity contribution in [2.24, 2.45) is 5.73 Å². The first kappa shape index (κ1) is 12.7. The van der Waals surface area contributed by atoms with Gasteiger partial charge in [-0.3, -0.25) is 4.79 Å². The zero-order valence-corrected chi connectivity index (χ0v) is 9.02. The normalized spacial score (nSPS) is 10.8. The average molecular weight is 201 g/mol. The van der Waals surface area contributed by atoms with Crippen LogP contribution in [-0.4, -0.2) is 24.0 Å². The van der Waals surface area contributed by atoms with Crippen molar-refractivity contribution in [3.8, 4) is 0 Å². The van der Waals surface area contributed by atoms with Crippen molar-refractivity contribution >= 4 is 11.9 Å². The number of nitrogens with two attached hydrogens (primary N) is 1. The van der Waals surface area contributed by atoms with Crippen molar-refractivity contribution in [2.45, 2.75) is 39.2 Å². The molecule has 0 saturated carbocycles. The minimum absolute atomic E-state index is 0.131. The summed E-state index contributed by atoms with van der Waals surface area (Å²) in [6.45, 7) is 6.10. The maximum Gasteiger partial charge on any atom is 0.315 e. The molecule has 0 atom stereocenters. The van der Waals surface area contributed by atoms with E-state index in [-0.39, 0.29) is 12.5 Å². The summed E-state index contributed by atoms with van der Waals surface area (Å²) in [6, 6.07) is -0.266. The molecule has 0 aliphatic rings. The van der Waals surface area contributed by atoms with Crippen LogP contribution in [0, 0.1) is 0 Å². The molecule has 0 aliphatic heterocycles. The maximum atomic E-state index is 11.2. The Morgan fingerprint density at radius 2 is 1.93 bits per heavy atom. The predicted molar refractivity (Wildman–Crippen MR) is 54.7 cm³/mol. The van der Waals surface area contributed by atoms with Crippen LogP contribution < -0.4 is 16.4 Å². The zero-order chi connectivity index (χ0) is 11.2. The van der Waals surface area contributed by atoms with Crippen LogP contribution in [-0.2, 0) is 4.79 Å². The number of urea groups is 1. The Balaban J connectivity index is 3.95. The Morgan fingerprint density at radius 1 is 1.36 bits per heavy atom. The number of hydrogen-bond donors (Lipinski definition) is 3. The summed E-state index contributed by atoms with van der Waals surface area (Å²) in [6.07, 6.45) is 1.01. The van der Waals surface area contributed by atoms with E-state index in [1.165, 1.54) is 0 Å². The Labute approximate surface area is 84.4 Å². The van der Waals surface area contributed by atoms with Crippen LogP contribution in [0.5, 0.6) is 0 Å². The first-order valence-electron chi connectivity index (χ1n) is 4.71. The number of nitrogens with one attached hydrogen (secondary N) is 2. The van der Waals surface area contributed by atoms with E-state index in [0.29, 0.717) is 6.54 Å². The highest BCUT2D eigenvalue weighted by Gasteiger charge is 2.22. The van der Waals surface area contributed by atoms with Gasteiger partial charge in [0.15, 0.2) is 0 Å². The van der Waals surface area contributed by atoms with Crippen LogP contribution in [0.2, 0.25) is 0 Å². The highest BCUT2D eigenvalue weighted by atomic mass is 16.2. The lowest BCUT2D eigenvalue weighted by molar-refractivity contribution is -0.119. The Bertz CT molecular complexity index is 214. The summed E-state index contributed by atoms with van der Waals surface area (Å²) in [5.74, 6) is -0.425. The minimum atomic E-state index is -0.594. The SMILES string of the molecule is CCCNC(=O)NC(C)(C)CC(N)=O. The second-order valence-corrected chi connectivity index (χ2v) is 3.91. The van der Waals surface area contributed by atoms with E-state index in [1.807, 2.05) is 6.92 Å². The van der Waals surface area contributed by atoms with Crippen LogP contribution >= 0.6 is 0 Å². The molecule has 0 aromatic carbocycles. The highest BCUT2D eigenvalue weighted by molar-refractivity contribution is 5.78. The second-order valence-electron chi connectivity index (χ2n) is 3.91. The van der Waals surface area contributed by atoms with Crippen molar-refractivity contribution < 1.29 is 9.59 Å². The number of hydrogen-bond acceptors (Lipinski definition) is 2. The van der Waals surface area contributed by atoms with Crippen molar-refractivity contribution in [1.29, 1.82) is 0 Å². The minimum Gasteiger partial charge on any atom is -0.370 e. The zero-order valence-electron chi connectivity index (χ0n) is 9.02. The smallest absolute Gasteiger partial charge is 0.315 e. The van der Waals surface area contributed by atoms with Crippen molar-refractivity contribution in [2.75, 3.05) is 6.54 Å². The van der Waals surface area contributed by atoms with Gasteiger partial charge in [0.1, 0.15) is 0 Å². The van der Waals surface area contributed by atoms with Gasteiger partial charge in [0.25, 0.3) is 0 Å². The second kappa shape index (κ2) is 5.47. The molecular formula is C9H19N3O2. The fraction of sp³-hybridized carbons (Fsp3) is 0.778. The Hall–Kier alpha value is -1.26. The van der Waals surface area contributed by atoms with Gasteiger partial charge in [0.2, 0.25) is 5.91 Å². The van der Waals surface area contributed by atoms with Gasteiger partial charge in [-0.25, -0.2) is 4.79 Å². The van der Waals surface area contributed by atoms with Gasteiger partial charge in [-0.1, -0.05) is 6.92 Å². The molecule has 5 nitrogen and oxygen atoms in total. The lowest BCUT2D eigenvalue weighted by Gasteiger charge is -2.24. The summed E-state index contributed by atoms with van der Waals surface area (Å²) in [7, 11) is 0. The topological polar surface area (TPSA) is 84.2 Å². The average Bonchev–Trinajstić information content (AvgIpc) is 1.96. The van der Waals surface area contributed by atoms with Gasteiger partial charge in [-0.15, -0.1) is 0 Å². The van der Waals surface area contributed by atoms with Crippen LogP contribution in [0.25, 0.3) is 0 Å². The first-order valence-corrected chi connectivity index (χ1v) is 4.71. The molecule has 0 unspecified atom stereocenters. The molecule has 3 amide bonds. The van der Waals surface area contributed by atoms with Crippen LogP contribution in [0.15, 0.2) is 0 Å². The standard InChI is InChI=1S/C9H19N3O2/c1-4-5-11-8(14)12-9(2,3)6-7(10)13/h4-6H2,1-3H3,(H2,10,13)(H2,11,12,14).